The zero-order valence-electron chi connectivity index (χ0n) is 11.6. The van der Waals surface area contributed by atoms with Crippen molar-refractivity contribution in [3.63, 3.8) is 0 Å². The molecule has 0 saturated heterocycles. The summed E-state index contributed by atoms with van der Waals surface area (Å²) in [6, 6.07) is 0.527. The second-order valence-electron chi connectivity index (χ2n) is 5.26. The van der Waals surface area contributed by atoms with Crippen molar-refractivity contribution in [2.75, 3.05) is 25.5 Å². The molecule has 0 fully saturated rings. The summed E-state index contributed by atoms with van der Waals surface area (Å²) < 4.78 is 0. The first kappa shape index (κ1) is 14.3. The lowest BCUT2D eigenvalue weighted by atomic mass is 10.1. The van der Waals surface area contributed by atoms with Crippen LogP contribution >= 0.6 is 11.3 Å². The van der Waals surface area contributed by atoms with Crippen molar-refractivity contribution < 1.29 is 9.90 Å². The highest BCUT2D eigenvalue weighted by Gasteiger charge is 2.32. The molecule has 0 aromatic carbocycles. The van der Waals surface area contributed by atoms with Crippen LogP contribution in [0.2, 0.25) is 0 Å². The van der Waals surface area contributed by atoms with E-state index >= 15 is 0 Å². The molecule has 0 aliphatic heterocycles. The normalized spacial score (nSPS) is 18.1. The fraction of sp³-hybridized carbons (Fsp3) is 0.692. The van der Waals surface area contributed by atoms with Gasteiger partial charge in [-0.25, -0.2) is 4.98 Å². The van der Waals surface area contributed by atoms with E-state index in [2.05, 4.69) is 36.1 Å². The lowest BCUT2D eigenvalue weighted by Gasteiger charge is -2.20. The summed E-state index contributed by atoms with van der Waals surface area (Å²) in [6.07, 6.45) is 1.54. The highest BCUT2D eigenvalue weighted by atomic mass is 32.1. The fourth-order valence-electron chi connectivity index (χ4n) is 2.14. The molecule has 19 heavy (non-hydrogen) atoms. The summed E-state index contributed by atoms with van der Waals surface area (Å²) in [5.74, 6) is -1.16. The summed E-state index contributed by atoms with van der Waals surface area (Å²) in [5.41, 5.74) is 0.775. The van der Waals surface area contributed by atoms with Crippen LogP contribution in [0.3, 0.4) is 0 Å². The van der Waals surface area contributed by atoms with E-state index in [1.807, 2.05) is 0 Å². The number of carboxylic acid groups (broad SMARTS) is 1. The van der Waals surface area contributed by atoms with E-state index < -0.39 is 11.9 Å². The molecule has 0 radical (unpaired) electrons. The van der Waals surface area contributed by atoms with Gasteiger partial charge in [0.25, 0.3) is 0 Å². The average Bonchev–Trinajstić information content (AvgIpc) is 2.87. The number of nitrogens with one attached hydrogen (secondary N) is 1. The van der Waals surface area contributed by atoms with Crippen LogP contribution in [0.1, 0.15) is 36.8 Å². The first-order chi connectivity index (χ1) is 8.99. The predicted octanol–water partition coefficient (Wildman–Crippen LogP) is 2.01. The van der Waals surface area contributed by atoms with Gasteiger partial charge in [0.05, 0.1) is 5.69 Å². The Hall–Kier alpha value is -1.14. The van der Waals surface area contributed by atoms with Gasteiger partial charge in [0, 0.05) is 24.0 Å². The molecule has 106 valence electrons. The molecule has 0 bridgehead atoms. The van der Waals surface area contributed by atoms with Gasteiger partial charge in [-0.1, -0.05) is 0 Å². The molecule has 0 amide bonds. The number of anilines is 1. The Morgan fingerprint density at radius 3 is 3.00 bits per heavy atom. The summed E-state index contributed by atoms with van der Waals surface area (Å²) >= 11 is 1.60. The van der Waals surface area contributed by atoms with Gasteiger partial charge in [-0.15, -0.1) is 11.3 Å². The Morgan fingerprint density at radius 2 is 2.37 bits per heavy atom. The maximum atomic E-state index is 11.1. The van der Waals surface area contributed by atoms with Gasteiger partial charge in [-0.05, 0) is 33.7 Å². The van der Waals surface area contributed by atoms with Gasteiger partial charge in [0.1, 0.15) is 5.92 Å². The molecule has 5 nitrogen and oxygen atoms in total. The quantitative estimate of drug-likeness (QED) is 0.836. The maximum Gasteiger partial charge on any atom is 0.312 e. The molecule has 1 aromatic heterocycles. The van der Waals surface area contributed by atoms with Crippen molar-refractivity contribution >= 4 is 22.4 Å². The SMILES string of the molecule is CC(C)N(C)CCNc1nc2c(s1)CCC2C(=O)O. The first-order valence-electron chi connectivity index (χ1n) is 6.65. The summed E-state index contributed by atoms with van der Waals surface area (Å²) in [6.45, 7) is 6.11. The van der Waals surface area contributed by atoms with Gasteiger partial charge in [-0.3, -0.25) is 4.79 Å². The highest BCUT2D eigenvalue weighted by Crippen LogP contribution is 2.38. The minimum atomic E-state index is -0.754. The third-order valence-corrected chi connectivity index (χ3v) is 4.73. The molecule has 2 N–H and O–H groups in total. The smallest absolute Gasteiger partial charge is 0.312 e. The number of carboxylic acids is 1. The van der Waals surface area contributed by atoms with Gasteiger partial charge >= 0.3 is 5.97 Å². The van der Waals surface area contributed by atoms with Crippen LogP contribution in [-0.2, 0) is 11.2 Å². The zero-order valence-corrected chi connectivity index (χ0v) is 12.5. The van der Waals surface area contributed by atoms with E-state index in [0.717, 1.165) is 35.2 Å². The van der Waals surface area contributed by atoms with Gasteiger partial charge in [-0.2, -0.15) is 0 Å². The van der Waals surface area contributed by atoms with Crippen molar-refractivity contribution in [3.8, 4) is 0 Å². The van der Waals surface area contributed by atoms with Crippen LogP contribution in [0.5, 0.6) is 0 Å². The number of fused-ring (bicyclic) bond motifs is 1. The van der Waals surface area contributed by atoms with Gasteiger partial charge in [0.2, 0.25) is 0 Å². The number of hydrogen-bond donors (Lipinski definition) is 2. The van der Waals surface area contributed by atoms with E-state index in [0.29, 0.717) is 12.5 Å². The van der Waals surface area contributed by atoms with Crippen molar-refractivity contribution in [2.24, 2.45) is 0 Å². The molecular formula is C13H21N3O2S. The molecule has 1 aliphatic carbocycles. The second kappa shape index (κ2) is 5.88. The van der Waals surface area contributed by atoms with Crippen LogP contribution in [0, 0.1) is 0 Å². The summed E-state index contributed by atoms with van der Waals surface area (Å²) in [5, 5.41) is 13.3. The maximum absolute atomic E-state index is 11.1. The van der Waals surface area contributed by atoms with E-state index in [9.17, 15) is 4.79 Å². The van der Waals surface area contributed by atoms with Gasteiger partial charge in [0.15, 0.2) is 5.13 Å². The zero-order chi connectivity index (χ0) is 14.0. The lowest BCUT2D eigenvalue weighted by molar-refractivity contribution is -0.138. The number of aromatic nitrogens is 1. The number of rotatable bonds is 6. The minimum Gasteiger partial charge on any atom is -0.481 e. The summed E-state index contributed by atoms with van der Waals surface area (Å²) in [4.78, 5) is 18.9. The monoisotopic (exact) mass is 283 g/mol. The molecular weight excluding hydrogens is 262 g/mol. The van der Waals surface area contributed by atoms with E-state index in [1.165, 1.54) is 0 Å². The first-order valence-corrected chi connectivity index (χ1v) is 7.47. The van der Waals surface area contributed by atoms with E-state index in [-0.39, 0.29) is 0 Å². The predicted molar refractivity (Wildman–Crippen MR) is 77.1 cm³/mol. The van der Waals surface area contributed by atoms with Crippen molar-refractivity contribution in [1.29, 1.82) is 0 Å². The lowest BCUT2D eigenvalue weighted by Crippen LogP contribution is -2.31. The Kier molecular flexibility index (Phi) is 4.42. The second-order valence-corrected chi connectivity index (χ2v) is 6.34. The van der Waals surface area contributed by atoms with Crippen molar-refractivity contribution in [3.05, 3.63) is 10.6 Å². The number of aryl methyl sites for hydroxylation is 1. The average molecular weight is 283 g/mol. The van der Waals surface area contributed by atoms with Crippen molar-refractivity contribution in [1.82, 2.24) is 9.88 Å². The van der Waals surface area contributed by atoms with Gasteiger partial charge < -0.3 is 15.3 Å². The Labute approximate surface area is 117 Å². The molecule has 1 heterocycles. The Bertz CT molecular complexity index is 459. The molecule has 1 unspecified atom stereocenters. The minimum absolute atomic E-state index is 0.403. The molecule has 2 rings (SSSR count). The molecule has 1 aliphatic rings. The van der Waals surface area contributed by atoms with E-state index in [1.54, 1.807) is 11.3 Å². The van der Waals surface area contributed by atoms with Crippen LogP contribution in [-0.4, -0.2) is 47.1 Å². The number of hydrogen-bond acceptors (Lipinski definition) is 5. The molecule has 6 heteroatoms. The molecule has 1 atom stereocenters. The topological polar surface area (TPSA) is 65.5 Å². The van der Waals surface area contributed by atoms with Crippen LogP contribution < -0.4 is 5.32 Å². The molecule has 1 aromatic rings. The summed E-state index contributed by atoms with van der Waals surface area (Å²) in [7, 11) is 2.09. The third-order valence-electron chi connectivity index (χ3n) is 3.64. The molecule has 0 spiro atoms. The Morgan fingerprint density at radius 1 is 1.63 bits per heavy atom. The molecule has 0 saturated carbocycles. The number of likely N-dealkylation sites (N-methyl/N-ethyl adjacent to an activating group) is 1. The standard InChI is InChI=1S/C13H21N3O2S/c1-8(2)16(3)7-6-14-13-15-11-9(12(17)18)4-5-10(11)19-13/h8-9H,4-7H2,1-3H3,(H,14,15)(H,17,18). The highest BCUT2D eigenvalue weighted by molar-refractivity contribution is 7.15. The number of aliphatic carboxylic acids is 1. The van der Waals surface area contributed by atoms with E-state index in [4.69, 9.17) is 5.11 Å². The number of carbonyl (C=O) groups is 1. The van der Waals surface area contributed by atoms with Crippen LogP contribution in [0.4, 0.5) is 5.13 Å². The number of nitrogens with zero attached hydrogens (tertiary/aromatic N) is 2. The third kappa shape index (κ3) is 3.25. The number of thiazole rings is 1. The van der Waals surface area contributed by atoms with Crippen LogP contribution in [0.25, 0.3) is 0 Å². The fourth-order valence-corrected chi connectivity index (χ4v) is 3.20. The van der Waals surface area contributed by atoms with Crippen LogP contribution in [0.15, 0.2) is 0 Å². The Balaban J connectivity index is 1.90. The largest absolute Gasteiger partial charge is 0.481 e. The van der Waals surface area contributed by atoms with Crippen molar-refractivity contribution in [2.45, 2.75) is 38.6 Å².